The molecule has 2 N–H and O–H groups in total. The maximum atomic E-state index is 11.8. The molecule has 1 atom stereocenters. The zero-order valence-electron chi connectivity index (χ0n) is 12.2. The van der Waals surface area contributed by atoms with Gasteiger partial charge in [-0.15, -0.1) is 11.3 Å². The van der Waals surface area contributed by atoms with Gasteiger partial charge in [0.2, 0.25) is 5.91 Å². The van der Waals surface area contributed by atoms with Crippen LogP contribution in [0.1, 0.15) is 45.0 Å². The second kappa shape index (κ2) is 7.38. The first kappa shape index (κ1) is 16.6. The maximum Gasteiger partial charge on any atom is 0.326 e. The van der Waals surface area contributed by atoms with Crippen LogP contribution in [0.4, 0.5) is 0 Å². The lowest BCUT2D eigenvalue weighted by atomic mass is 9.88. The average molecular weight is 298 g/mol. The van der Waals surface area contributed by atoms with Gasteiger partial charge in [0.05, 0.1) is 5.01 Å². The molecular weight excluding hydrogens is 276 g/mol. The predicted molar refractivity (Wildman–Crippen MR) is 78.7 cm³/mol. The van der Waals surface area contributed by atoms with Crippen molar-refractivity contribution >= 4 is 23.2 Å². The molecule has 5 nitrogen and oxygen atoms in total. The molecular formula is C14H22N2O3S. The lowest BCUT2D eigenvalue weighted by Gasteiger charge is -2.21. The van der Waals surface area contributed by atoms with Gasteiger partial charge in [0.1, 0.15) is 6.04 Å². The van der Waals surface area contributed by atoms with Crippen LogP contribution in [-0.4, -0.2) is 28.0 Å². The molecule has 1 heterocycles. The highest BCUT2D eigenvalue weighted by atomic mass is 32.1. The Morgan fingerprint density at radius 2 is 2.15 bits per heavy atom. The number of aromatic nitrogens is 1. The number of rotatable bonds is 7. The van der Waals surface area contributed by atoms with E-state index in [4.69, 9.17) is 5.11 Å². The van der Waals surface area contributed by atoms with Crippen LogP contribution in [0.15, 0.2) is 11.6 Å². The molecule has 0 aliphatic heterocycles. The van der Waals surface area contributed by atoms with Crippen LogP contribution < -0.4 is 5.32 Å². The lowest BCUT2D eigenvalue weighted by Crippen LogP contribution is -2.41. The van der Waals surface area contributed by atoms with Crippen LogP contribution in [-0.2, 0) is 16.0 Å². The van der Waals surface area contributed by atoms with Crippen molar-refractivity contribution in [1.82, 2.24) is 10.3 Å². The van der Waals surface area contributed by atoms with Crippen molar-refractivity contribution in [3.8, 4) is 0 Å². The lowest BCUT2D eigenvalue weighted by molar-refractivity contribution is -0.142. The summed E-state index contributed by atoms with van der Waals surface area (Å²) in [6.45, 7) is 6.16. The predicted octanol–water partition coefficient (Wildman–Crippen LogP) is 2.47. The number of carboxylic acids is 1. The Morgan fingerprint density at radius 3 is 2.65 bits per heavy atom. The first-order valence-corrected chi connectivity index (χ1v) is 7.56. The van der Waals surface area contributed by atoms with Crippen molar-refractivity contribution in [1.29, 1.82) is 0 Å². The molecule has 1 amide bonds. The Labute approximate surface area is 123 Å². The van der Waals surface area contributed by atoms with Crippen molar-refractivity contribution in [2.75, 3.05) is 0 Å². The summed E-state index contributed by atoms with van der Waals surface area (Å²) in [7, 11) is 0. The van der Waals surface area contributed by atoms with E-state index in [1.165, 1.54) is 11.3 Å². The molecule has 0 aliphatic rings. The van der Waals surface area contributed by atoms with Gasteiger partial charge in [0.15, 0.2) is 0 Å². The van der Waals surface area contributed by atoms with Crippen LogP contribution in [0.3, 0.4) is 0 Å². The number of thiazole rings is 1. The molecule has 1 unspecified atom stereocenters. The number of amides is 1. The Bertz CT molecular complexity index is 438. The van der Waals surface area contributed by atoms with E-state index in [0.717, 1.165) is 11.4 Å². The first-order chi connectivity index (χ1) is 9.28. The summed E-state index contributed by atoms with van der Waals surface area (Å²) in [5, 5.41) is 14.5. The van der Waals surface area contributed by atoms with Crippen molar-refractivity contribution < 1.29 is 14.7 Å². The molecule has 20 heavy (non-hydrogen) atoms. The Morgan fingerprint density at radius 1 is 1.45 bits per heavy atom. The van der Waals surface area contributed by atoms with E-state index in [-0.39, 0.29) is 17.7 Å². The van der Waals surface area contributed by atoms with Gasteiger partial charge in [-0.1, -0.05) is 20.8 Å². The van der Waals surface area contributed by atoms with Crippen LogP contribution in [0, 0.1) is 5.41 Å². The van der Waals surface area contributed by atoms with E-state index in [1.54, 1.807) is 6.20 Å². The Kier molecular flexibility index (Phi) is 6.13. The first-order valence-electron chi connectivity index (χ1n) is 6.68. The fourth-order valence-electron chi connectivity index (χ4n) is 1.70. The SMILES string of the molecule is CC(C)(C)CCC(NC(=O)CCc1nccs1)C(=O)O. The van der Waals surface area contributed by atoms with Crippen LogP contribution >= 0.6 is 11.3 Å². The van der Waals surface area contributed by atoms with Crippen LogP contribution in [0.5, 0.6) is 0 Å². The van der Waals surface area contributed by atoms with E-state index in [2.05, 4.69) is 31.1 Å². The highest BCUT2D eigenvalue weighted by Crippen LogP contribution is 2.21. The number of aryl methyl sites for hydroxylation is 1. The van der Waals surface area contributed by atoms with Gasteiger partial charge < -0.3 is 10.4 Å². The summed E-state index contributed by atoms with van der Waals surface area (Å²) in [5.74, 6) is -1.21. The smallest absolute Gasteiger partial charge is 0.326 e. The summed E-state index contributed by atoms with van der Waals surface area (Å²) in [6.07, 6.45) is 3.71. The molecule has 0 radical (unpaired) electrons. The molecule has 112 valence electrons. The second-order valence-corrected chi connectivity index (χ2v) is 6.96. The standard InChI is InChI=1S/C14H22N2O3S/c1-14(2,3)7-6-10(13(18)19)16-11(17)4-5-12-15-8-9-20-12/h8-10H,4-7H2,1-3H3,(H,16,17)(H,18,19). The van der Waals surface area contributed by atoms with Crippen molar-refractivity contribution in [2.24, 2.45) is 5.41 Å². The molecule has 0 aromatic carbocycles. The van der Waals surface area contributed by atoms with Crippen molar-refractivity contribution in [3.63, 3.8) is 0 Å². The molecule has 0 saturated heterocycles. The number of carboxylic acid groups (broad SMARTS) is 1. The molecule has 1 aromatic rings. The van der Waals surface area contributed by atoms with Gasteiger partial charge in [-0.05, 0) is 18.3 Å². The van der Waals surface area contributed by atoms with Crippen LogP contribution in [0.25, 0.3) is 0 Å². The largest absolute Gasteiger partial charge is 0.480 e. The van der Waals surface area contributed by atoms with Crippen molar-refractivity contribution in [2.45, 2.75) is 52.5 Å². The maximum absolute atomic E-state index is 11.8. The molecule has 1 aromatic heterocycles. The number of carbonyl (C=O) groups is 2. The van der Waals surface area contributed by atoms with E-state index >= 15 is 0 Å². The zero-order valence-corrected chi connectivity index (χ0v) is 13.0. The highest BCUT2D eigenvalue weighted by molar-refractivity contribution is 7.09. The van der Waals surface area contributed by atoms with Gasteiger partial charge in [-0.2, -0.15) is 0 Å². The van der Waals surface area contributed by atoms with E-state index in [1.807, 2.05) is 5.38 Å². The number of hydrogen-bond donors (Lipinski definition) is 2. The minimum absolute atomic E-state index is 0.0549. The van der Waals surface area contributed by atoms with Gasteiger partial charge in [0.25, 0.3) is 0 Å². The number of hydrogen-bond acceptors (Lipinski definition) is 4. The third kappa shape index (κ3) is 6.65. The summed E-state index contributed by atoms with van der Waals surface area (Å²) in [6, 6.07) is -0.807. The minimum Gasteiger partial charge on any atom is -0.480 e. The van der Waals surface area contributed by atoms with Gasteiger partial charge >= 0.3 is 5.97 Å². The molecule has 0 fully saturated rings. The number of carbonyl (C=O) groups excluding carboxylic acids is 1. The monoisotopic (exact) mass is 298 g/mol. The topological polar surface area (TPSA) is 79.3 Å². The summed E-state index contributed by atoms with van der Waals surface area (Å²) >= 11 is 1.50. The molecule has 1 rings (SSSR count). The van der Waals surface area contributed by atoms with Gasteiger partial charge in [0, 0.05) is 24.4 Å². The number of nitrogens with zero attached hydrogens (tertiary/aromatic N) is 1. The second-order valence-electron chi connectivity index (χ2n) is 5.98. The minimum atomic E-state index is -0.975. The summed E-state index contributed by atoms with van der Waals surface area (Å²) < 4.78 is 0. The third-order valence-electron chi connectivity index (χ3n) is 2.87. The van der Waals surface area contributed by atoms with Gasteiger partial charge in [-0.25, -0.2) is 9.78 Å². The molecule has 0 aliphatic carbocycles. The third-order valence-corrected chi connectivity index (χ3v) is 3.71. The molecule has 0 spiro atoms. The zero-order chi connectivity index (χ0) is 15.2. The normalized spacial score (nSPS) is 12.9. The molecule has 0 saturated carbocycles. The van der Waals surface area contributed by atoms with Gasteiger partial charge in [-0.3, -0.25) is 4.79 Å². The average Bonchev–Trinajstić information content (AvgIpc) is 2.83. The molecule has 6 heteroatoms. The number of aliphatic carboxylic acids is 1. The highest BCUT2D eigenvalue weighted by Gasteiger charge is 2.22. The fourth-order valence-corrected chi connectivity index (χ4v) is 2.32. The Hall–Kier alpha value is -1.43. The molecule has 0 bridgehead atoms. The van der Waals surface area contributed by atoms with Crippen molar-refractivity contribution in [3.05, 3.63) is 16.6 Å². The quantitative estimate of drug-likeness (QED) is 0.810. The van der Waals surface area contributed by atoms with Crippen LogP contribution in [0.2, 0.25) is 0 Å². The fraction of sp³-hybridized carbons (Fsp3) is 0.643. The summed E-state index contributed by atoms with van der Waals surface area (Å²) in [4.78, 5) is 27.0. The van der Waals surface area contributed by atoms with E-state index < -0.39 is 12.0 Å². The van der Waals surface area contributed by atoms with E-state index in [0.29, 0.717) is 12.8 Å². The summed E-state index contributed by atoms with van der Waals surface area (Å²) in [5.41, 5.74) is 0.0549. The Balaban J connectivity index is 2.40. The number of nitrogens with one attached hydrogen (secondary N) is 1. The van der Waals surface area contributed by atoms with E-state index in [9.17, 15) is 9.59 Å².